The van der Waals surface area contributed by atoms with Gasteiger partial charge in [0.1, 0.15) is 0 Å². The SMILES string of the molecule is CCN(Cc1ccc(Cl)s1)C(=O)c1ccc([N+](=O)[O-])cc1Cl. The van der Waals surface area contributed by atoms with E-state index in [0.29, 0.717) is 17.4 Å². The van der Waals surface area contributed by atoms with Gasteiger partial charge in [0.15, 0.2) is 0 Å². The number of non-ortho nitro benzene ring substituents is 1. The van der Waals surface area contributed by atoms with Crippen LogP contribution in [0.2, 0.25) is 9.36 Å². The molecule has 0 spiro atoms. The summed E-state index contributed by atoms with van der Waals surface area (Å²) in [6.07, 6.45) is 0. The molecule has 0 saturated carbocycles. The maximum Gasteiger partial charge on any atom is 0.270 e. The van der Waals surface area contributed by atoms with Gasteiger partial charge >= 0.3 is 0 Å². The van der Waals surface area contributed by atoms with Crippen LogP contribution in [-0.2, 0) is 6.54 Å². The molecule has 1 heterocycles. The van der Waals surface area contributed by atoms with Gasteiger partial charge in [0.25, 0.3) is 11.6 Å². The number of amides is 1. The Morgan fingerprint density at radius 1 is 1.32 bits per heavy atom. The molecular formula is C14H12Cl2N2O3S. The molecule has 1 aromatic carbocycles. The Balaban J connectivity index is 2.22. The molecule has 0 aliphatic heterocycles. The molecule has 0 unspecified atom stereocenters. The monoisotopic (exact) mass is 358 g/mol. The van der Waals surface area contributed by atoms with Gasteiger partial charge in [0.2, 0.25) is 0 Å². The lowest BCUT2D eigenvalue weighted by Gasteiger charge is -2.20. The number of rotatable bonds is 5. The summed E-state index contributed by atoms with van der Waals surface area (Å²) >= 11 is 13.3. The molecule has 0 atom stereocenters. The van der Waals surface area contributed by atoms with Crippen molar-refractivity contribution in [3.8, 4) is 0 Å². The molecule has 5 nitrogen and oxygen atoms in total. The van der Waals surface area contributed by atoms with E-state index < -0.39 is 4.92 Å². The number of halogens is 2. The second-order valence-electron chi connectivity index (χ2n) is 4.45. The number of hydrogen-bond acceptors (Lipinski definition) is 4. The number of nitro groups is 1. The second kappa shape index (κ2) is 7.09. The Hall–Kier alpha value is -1.63. The van der Waals surface area contributed by atoms with E-state index in [1.807, 2.05) is 13.0 Å². The van der Waals surface area contributed by atoms with Crippen LogP contribution in [0.4, 0.5) is 5.69 Å². The van der Waals surface area contributed by atoms with Gasteiger partial charge in [-0.1, -0.05) is 23.2 Å². The summed E-state index contributed by atoms with van der Waals surface area (Å²) in [6, 6.07) is 7.48. The number of hydrogen-bond donors (Lipinski definition) is 0. The summed E-state index contributed by atoms with van der Waals surface area (Å²) in [7, 11) is 0. The molecule has 1 aromatic heterocycles. The summed E-state index contributed by atoms with van der Waals surface area (Å²) in [5.41, 5.74) is 0.103. The molecule has 116 valence electrons. The molecule has 1 amide bonds. The quantitative estimate of drug-likeness (QED) is 0.578. The van der Waals surface area contributed by atoms with Crippen molar-refractivity contribution in [3.05, 3.63) is 60.2 Å². The van der Waals surface area contributed by atoms with Gasteiger partial charge in [-0.05, 0) is 25.1 Å². The van der Waals surface area contributed by atoms with Gasteiger partial charge < -0.3 is 4.90 Å². The maximum atomic E-state index is 12.5. The average molecular weight is 359 g/mol. The van der Waals surface area contributed by atoms with Gasteiger partial charge in [-0.15, -0.1) is 11.3 Å². The molecule has 0 radical (unpaired) electrons. The minimum atomic E-state index is -0.550. The summed E-state index contributed by atoms with van der Waals surface area (Å²) < 4.78 is 0.659. The first kappa shape index (κ1) is 16.7. The predicted octanol–water partition coefficient (Wildman–Crippen LogP) is 4.63. The largest absolute Gasteiger partial charge is 0.334 e. The molecule has 0 saturated heterocycles. The highest BCUT2D eigenvalue weighted by atomic mass is 35.5. The Kier molecular flexibility index (Phi) is 5.39. The first-order chi connectivity index (χ1) is 10.4. The van der Waals surface area contributed by atoms with Crippen molar-refractivity contribution < 1.29 is 9.72 Å². The highest BCUT2D eigenvalue weighted by Gasteiger charge is 2.20. The minimum absolute atomic E-state index is 0.0712. The number of carbonyl (C=O) groups excluding carboxylic acids is 1. The lowest BCUT2D eigenvalue weighted by molar-refractivity contribution is -0.384. The van der Waals surface area contributed by atoms with Crippen molar-refractivity contribution in [2.24, 2.45) is 0 Å². The average Bonchev–Trinajstić information content (AvgIpc) is 2.89. The van der Waals surface area contributed by atoms with Crippen molar-refractivity contribution in [1.29, 1.82) is 0 Å². The van der Waals surface area contributed by atoms with Crippen molar-refractivity contribution in [3.63, 3.8) is 0 Å². The van der Waals surface area contributed by atoms with Crippen LogP contribution in [0.1, 0.15) is 22.2 Å². The van der Waals surface area contributed by atoms with Crippen LogP contribution in [0.25, 0.3) is 0 Å². The van der Waals surface area contributed by atoms with Crippen molar-refractivity contribution in [2.45, 2.75) is 13.5 Å². The number of nitrogens with zero attached hydrogens (tertiary/aromatic N) is 2. The number of benzene rings is 1. The van der Waals surface area contributed by atoms with Gasteiger partial charge in [-0.25, -0.2) is 0 Å². The van der Waals surface area contributed by atoms with Gasteiger partial charge in [0.05, 0.1) is 26.4 Å². The van der Waals surface area contributed by atoms with E-state index in [0.717, 1.165) is 4.88 Å². The molecule has 22 heavy (non-hydrogen) atoms. The van der Waals surface area contributed by atoms with Crippen LogP contribution in [0.3, 0.4) is 0 Å². The van der Waals surface area contributed by atoms with Crippen molar-refractivity contribution in [2.75, 3.05) is 6.54 Å². The first-order valence-corrected chi connectivity index (χ1v) is 7.97. The Labute approximate surface area is 141 Å². The highest BCUT2D eigenvalue weighted by Crippen LogP contribution is 2.26. The van der Waals surface area contributed by atoms with E-state index in [4.69, 9.17) is 23.2 Å². The van der Waals surface area contributed by atoms with E-state index in [9.17, 15) is 14.9 Å². The lowest BCUT2D eigenvalue weighted by atomic mass is 10.1. The van der Waals surface area contributed by atoms with E-state index >= 15 is 0 Å². The third-order valence-corrected chi connectivity index (χ3v) is 4.57. The van der Waals surface area contributed by atoms with Gasteiger partial charge in [-0.2, -0.15) is 0 Å². The van der Waals surface area contributed by atoms with Crippen molar-refractivity contribution >= 4 is 46.1 Å². The molecule has 8 heteroatoms. The summed E-state index contributed by atoms with van der Waals surface area (Å²) in [5, 5.41) is 10.8. The number of carbonyl (C=O) groups is 1. The number of thiophene rings is 1. The summed E-state index contributed by atoms with van der Waals surface area (Å²) in [5.74, 6) is -0.271. The molecule has 0 aliphatic rings. The summed E-state index contributed by atoms with van der Waals surface area (Å²) in [6.45, 7) is 2.76. The first-order valence-electron chi connectivity index (χ1n) is 6.39. The second-order valence-corrected chi connectivity index (χ2v) is 6.65. The fourth-order valence-electron chi connectivity index (χ4n) is 1.91. The molecule has 2 aromatic rings. The fourth-order valence-corrected chi connectivity index (χ4v) is 3.27. The third kappa shape index (κ3) is 3.76. The zero-order chi connectivity index (χ0) is 16.3. The van der Waals surface area contributed by atoms with Crippen LogP contribution in [0.15, 0.2) is 30.3 Å². The Morgan fingerprint density at radius 3 is 2.55 bits per heavy atom. The molecule has 0 N–H and O–H groups in total. The zero-order valence-corrected chi connectivity index (χ0v) is 13.9. The molecule has 2 rings (SSSR count). The Morgan fingerprint density at radius 2 is 2.05 bits per heavy atom. The van der Waals surface area contributed by atoms with Crippen LogP contribution in [-0.4, -0.2) is 22.3 Å². The van der Waals surface area contributed by atoms with Gasteiger partial charge in [0, 0.05) is 23.6 Å². The third-order valence-electron chi connectivity index (χ3n) is 3.04. The topological polar surface area (TPSA) is 63.5 Å². The van der Waals surface area contributed by atoms with Crippen LogP contribution >= 0.6 is 34.5 Å². The van der Waals surface area contributed by atoms with Crippen molar-refractivity contribution in [1.82, 2.24) is 4.90 Å². The molecule has 0 bridgehead atoms. The molecule has 0 fully saturated rings. The number of nitro benzene ring substituents is 1. The van der Waals surface area contributed by atoms with E-state index in [1.165, 1.54) is 29.5 Å². The normalized spacial score (nSPS) is 10.5. The van der Waals surface area contributed by atoms with Crippen LogP contribution in [0.5, 0.6) is 0 Å². The van der Waals surface area contributed by atoms with E-state index in [-0.39, 0.29) is 22.2 Å². The maximum absolute atomic E-state index is 12.5. The highest BCUT2D eigenvalue weighted by molar-refractivity contribution is 7.16. The summed E-state index contributed by atoms with van der Waals surface area (Å²) in [4.78, 5) is 25.3. The molecule has 0 aliphatic carbocycles. The van der Waals surface area contributed by atoms with Crippen LogP contribution < -0.4 is 0 Å². The van der Waals surface area contributed by atoms with E-state index in [2.05, 4.69) is 0 Å². The van der Waals surface area contributed by atoms with Crippen LogP contribution in [0, 0.1) is 10.1 Å². The Bertz CT molecular complexity index is 718. The standard InChI is InChI=1S/C14H12Cl2N2O3S/c1-2-17(8-10-4-6-13(16)22-10)14(19)11-5-3-9(18(20)21)7-12(11)15/h3-7H,2,8H2,1H3. The fraction of sp³-hybridized carbons (Fsp3) is 0.214. The lowest BCUT2D eigenvalue weighted by Crippen LogP contribution is -2.30. The predicted molar refractivity (Wildman–Crippen MR) is 87.8 cm³/mol. The minimum Gasteiger partial charge on any atom is -0.334 e. The van der Waals surface area contributed by atoms with Gasteiger partial charge in [-0.3, -0.25) is 14.9 Å². The van der Waals surface area contributed by atoms with E-state index in [1.54, 1.807) is 11.0 Å². The zero-order valence-electron chi connectivity index (χ0n) is 11.6. The molecular weight excluding hydrogens is 347 g/mol. The smallest absolute Gasteiger partial charge is 0.270 e.